The van der Waals surface area contributed by atoms with Crippen LogP contribution >= 0.6 is 28.1 Å². The molecule has 0 bridgehead atoms. The van der Waals surface area contributed by atoms with E-state index in [0.29, 0.717) is 31.0 Å². The first-order chi connectivity index (χ1) is 15.7. The molecule has 1 aliphatic rings. The molecule has 0 aromatic heterocycles. The van der Waals surface area contributed by atoms with E-state index in [4.69, 9.17) is 21.7 Å². The minimum absolute atomic E-state index is 0.0751. The van der Waals surface area contributed by atoms with Gasteiger partial charge in [-0.2, -0.15) is 0 Å². The monoisotopic (exact) mass is 541 g/mol. The highest BCUT2D eigenvalue weighted by atomic mass is 79.9. The number of carbonyl (C=O) groups excluding carboxylic acids is 3. The highest BCUT2D eigenvalue weighted by Crippen LogP contribution is 2.24. The summed E-state index contributed by atoms with van der Waals surface area (Å²) in [7, 11) is 0. The zero-order chi connectivity index (χ0) is 24.4. The van der Waals surface area contributed by atoms with Crippen LogP contribution in [0.4, 0.5) is 0 Å². The van der Waals surface area contributed by atoms with Gasteiger partial charge in [-0.15, -0.1) is 0 Å². The number of carbonyl (C=O) groups is 3. The SMILES string of the molecule is CCCCCCOc1ccc(Br)cc1C(=O)NC(=S)N1CCNC(=O)C1CC(=O)OC(C)C. The Hall–Kier alpha value is -2.20. The molecular formula is C23H32BrN3O5S. The number of esters is 1. The molecule has 0 radical (unpaired) electrons. The lowest BCUT2D eigenvalue weighted by Gasteiger charge is -2.36. The molecule has 2 amide bonds. The molecule has 1 saturated heterocycles. The molecule has 8 nitrogen and oxygen atoms in total. The van der Waals surface area contributed by atoms with Crippen LogP contribution in [0.25, 0.3) is 0 Å². The average molecular weight is 542 g/mol. The lowest BCUT2D eigenvalue weighted by Crippen LogP contribution is -2.60. The van der Waals surface area contributed by atoms with E-state index < -0.39 is 17.9 Å². The van der Waals surface area contributed by atoms with E-state index in [1.165, 1.54) is 0 Å². The molecule has 0 saturated carbocycles. The number of rotatable bonds is 10. The number of amides is 2. The molecule has 2 N–H and O–H groups in total. The van der Waals surface area contributed by atoms with Gasteiger partial charge in [-0.05, 0) is 50.7 Å². The summed E-state index contributed by atoms with van der Waals surface area (Å²) in [6, 6.07) is 4.36. The third kappa shape index (κ3) is 8.58. The van der Waals surface area contributed by atoms with Crippen molar-refractivity contribution in [3.63, 3.8) is 0 Å². The fraction of sp³-hybridized carbons (Fsp3) is 0.565. The van der Waals surface area contributed by atoms with Gasteiger partial charge in [-0.1, -0.05) is 42.1 Å². The van der Waals surface area contributed by atoms with Crippen molar-refractivity contribution in [2.24, 2.45) is 0 Å². The molecule has 1 heterocycles. The lowest BCUT2D eigenvalue weighted by molar-refractivity contribution is -0.150. The van der Waals surface area contributed by atoms with Gasteiger partial charge in [0.2, 0.25) is 5.91 Å². The fourth-order valence-electron chi connectivity index (χ4n) is 3.38. The highest BCUT2D eigenvalue weighted by Gasteiger charge is 2.34. The number of piperazine rings is 1. The number of hydrogen-bond donors (Lipinski definition) is 2. The third-order valence-corrected chi connectivity index (χ3v) is 5.81. The molecule has 182 valence electrons. The maximum atomic E-state index is 13.0. The molecule has 33 heavy (non-hydrogen) atoms. The number of thiocarbonyl (C=S) groups is 1. The Labute approximate surface area is 208 Å². The molecule has 0 spiro atoms. The van der Waals surface area contributed by atoms with Crippen molar-refractivity contribution in [1.82, 2.24) is 15.5 Å². The Balaban J connectivity index is 2.08. The van der Waals surface area contributed by atoms with E-state index in [1.54, 1.807) is 30.9 Å². The van der Waals surface area contributed by atoms with Crippen LogP contribution in [0.3, 0.4) is 0 Å². The molecule has 10 heteroatoms. The number of ether oxygens (including phenoxy) is 2. The van der Waals surface area contributed by atoms with Gasteiger partial charge in [0.15, 0.2) is 5.11 Å². The Bertz CT molecular complexity index is 864. The van der Waals surface area contributed by atoms with Gasteiger partial charge in [0, 0.05) is 17.6 Å². The first-order valence-electron chi connectivity index (χ1n) is 11.2. The van der Waals surface area contributed by atoms with Crippen molar-refractivity contribution in [2.75, 3.05) is 19.7 Å². The maximum absolute atomic E-state index is 13.0. The molecule has 1 aromatic carbocycles. The standard InChI is InChI=1S/C23H32BrN3O5S/c1-4-5-6-7-12-31-19-9-8-16(24)13-17(19)21(29)26-23(33)27-11-10-25-22(30)18(27)14-20(28)32-15(2)3/h8-9,13,15,18H,4-7,10-12,14H2,1-3H3,(H,25,30)(H,26,29,33). The summed E-state index contributed by atoms with van der Waals surface area (Å²) in [4.78, 5) is 39.2. The van der Waals surface area contributed by atoms with Gasteiger partial charge in [0.25, 0.3) is 5.91 Å². The summed E-state index contributed by atoms with van der Waals surface area (Å²) in [5, 5.41) is 5.50. The second-order valence-corrected chi connectivity index (χ2v) is 9.35. The van der Waals surface area contributed by atoms with E-state index in [0.717, 1.165) is 30.2 Å². The molecular weight excluding hydrogens is 510 g/mol. The minimum atomic E-state index is -0.852. The van der Waals surface area contributed by atoms with Crippen molar-refractivity contribution in [3.05, 3.63) is 28.2 Å². The second-order valence-electron chi connectivity index (χ2n) is 8.05. The Kier molecular flexibility index (Phi) is 11.1. The maximum Gasteiger partial charge on any atom is 0.308 e. The van der Waals surface area contributed by atoms with Crippen LogP contribution in [-0.4, -0.2) is 59.6 Å². The van der Waals surface area contributed by atoms with E-state index in [1.807, 2.05) is 6.07 Å². The van der Waals surface area contributed by atoms with Crippen molar-refractivity contribution in [2.45, 2.75) is 65.0 Å². The van der Waals surface area contributed by atoms with Gasteiger partial charge in [0.05, 0.1) is 24.7 Å². The van der Waals surface area contributed by atoms with E-state index in [9.17, 15) is 14.4 Å². The summed E-state index contributed by atoms with van der Waals surface area (Å²) in [6.07, 6.45) is 3.79. The predicted molar refractivity (Wildman–Crippen MR) is 133 cm³/mol. The van der Waals surface area contributed by atoms with Gasteiger partial charge >= 0.3 is 5.97 Å². The molecule has 1 atom stereocenters. The number of hydrogen-bond acceptors (Lipinski definition) is 6. The van der Waals surface area contributed by atoms with Gasteiger partial charge < -0.3 is 19.7 Å². The zero-order valence-corrected chi connectivity index (χ0v) is 21.7. The molecule has 2 rings (SSSR count). The number of nitrogens with one attached hydrogen (secondary N) is 2. The van der Waals surface area contributed by atoms with Gasteiger partial charge in [-0.3, -0.25) is 19.7 Å². The lowest BCUT2D eigenvalue weighted by atomic mass is 10.1. The molecule has 1 fully saturated rings. The number of halogens is 1. The van der Waals surface area contributed by atoms with E-state index >= 15 is 0 Å². The number of unbranched alkanes of at least 4 members (excludes halogenated alkanes) is 3. The number of benzene rings is 1. The molecule has 1 aromatic rings. The van der Waals surface area contributed by atoms with E-state index in [2.05, 4.69) is 33.5 Å². The van der Waals surface area contributed by atoms with Crippen LogP contribution in [0.2, 0.25) is 0 Å². The van der Waals surface area contributed by atoms with Crippen molar-refractivity contribution in [1.29, 1.82) is 0 Å². The van der Waals surface area contributed by atoms with Crippen molar-refractivity contribution < 1.29 is 23.9 Å². The summed E-state index contributed by atoms with van der Waals surface area (Å²) in [5.41, 5.74) is 0.333. The highest BCUT2D eigenvalue weighted by molar-refractivity contribution is 9.10. The summed E-state index contributed by atoms with van der Waals surface area (Å²) < 4.78 is 11.7. The van der Waals surface area contributed by atoms with Gasteiger partial charge in [0.1, 0.15) is 11.8 Å². The second kappa shape index (κ2) is 13.5. The van der Waals surface area contributed by atoms with Crippen LogP contribution in [-0.2, 0) is 14.3 Å². The largest absolute Gasteiger partial charge is 0.493 e. The molecule has 1 unspecified atom stereocenters. The first-order valence-corrected chi connectivity index (χ1v) is 12.4. The van der Waals surface area contributed by atoms with E-state index in [-0.39, 0.29) is 23.5 Å². The summed E-state index contributed by atoms with van der Waals surface area (Å²) in [5.74, 6) is -0.822. The topological polar surface area (TPSA) is 97.0 Å². The molecule has 0 aliphatic carbocycles. The van der Waals surface area contributed by atoms with Crippen LogP contribution < -0.4 is 15.4 Å². The third-order valence-electron chi connectivity index (χ3n) is 4.98. The van der Waals surface area contributed by atoms with Crippen LogP contribution in [0, 0.1) is 0 Å². The normalized spacial score (nSPS) is 15.7. The minimum Gasteiger partial charge on any atom is -0.493 e. The molecule has 1 aliphatic heterocycles. The summed E-state index contributed by atoms with van der Waals surface area (Å²) in [6.45, 7) is 6.85. The quantitative estimate of drug-likeness (QED) is 0.265. The summed E-state index contributed by atoms with van der Waals surface area (Å²) >= 11 is 8.83. The Morgan fingerprint density at radius 3 is 2.76 bits per heavy atom. The van der Waals surface area contributed by atoms with Crippen LogP contribution in [0.5, 0.6) is 5.75 Å². The van der Waals surface area contributed by atoms with Crippen molar-refractivity contribution in [3.8, 4) is 5.75 Å². The van der Waals surface area contributed by atoms with Crippen LogP contribution in [0.15, 0.2) is 22.7 Å². The first kappa shape index (κ1) is 27.0. The Morgan fingerprint density at radius 2 is 2.06 bits per heavy atom. The van der Waals surface area contributed by atoms with Crippen LogP contribution in [0.1, 0.15) is 63.2 Å². The number of nitrogens with zero attached hydrogens (tertiary/aromatic N) is 1. The predicted octanol–water partition coefficient (Wildman–Crippen LogP) is 3.57. The smallest absolute Gasteiger partial charge is 0.308 e. The van der Waals surface area contributed by atoms with Gasteiger partial charge in [-0.25, -0.2) is 0 Å². The zero-order valence-electron chi connectivity index (χ0n) is 19.3. The fourth-order valence-corrected chi connectivity index (χ4v) is 4.05. The average Bonchev–Trinajstić information content (AvgIpc) is 2.75. The Morgan fingerprint density at radius 1 is 1.30 bits per heavy atom. The van der Waals surface area contributed by atoms with Crippen molar-refractivity contribution >= 4 is 51.0 Å².